The first-order valence-electron chi connectivity index (χ1n) is 7.78. The highest BCUT2D eigenvalue weighted by Crippen LogP contribution is 2.35. The summed E-state index contributed by atoms with van der Waals surface area (Å²) in [4.78, 5) is 4.23. The van der Waals surface area contributed by atoms with Gasteiger partial charge in [-0.3, -0.25) is 0 Å². The van der Waals surface area contributed by atoms with E-state index in [4.69, 9.17) is 10.5 Å². The molecule has 0 fully saturated rings. The van der Waals surface area contributed by atoms with Gasteiger partial charge in [0.15, 0.2) is 5.82 Å². The molecule has 2 aromatic carbocycles. The summed E-state index contributed by atoms with van der Waals surface area (Å²) >= 11 is 0. The van der Waals surface area contributed by atoms with Gasteiger partial charge in [-0.15, -0.1) is 0 Å². The highest BCUT2D eigenvalue weighted by molar-refractivity contribution is 5.86. The Morgan fingerprint density at radius 1 is 0.962 bits per heavy atom. The number of pyridine rings is 1. The topological polar surface area (TPSA) is 108 Å². The van der Waals surface area contributed by atoms with Crippen LogP contribution in [0.1, 0.15) is 11.1 Å². The fourth-order valence-corrected chi connectivity index (χ4v) is 2.62. The first-order valence-corrected chi connectivity index (χ1v) is 7.78. The lowest BCUT2D eigenvalue weighted by atomic mass is 9.96. The summed E-state index contributed by atoms with van der Waals surface area (Å²) in [6.07, 6.45) is 0. The van der Waals surface area contributed by atoms with E-state index >= 15 is 0 Å². The summed E-state index contributed by atoms with van der Waals surface area (Å²) in [7, 11) is 1.59. The number of nitrogens with zero attached hydrogens (tertiary/aromatic N) is 3. The van der Waals surface area contributed by atoms with E-state index in [1.54, 1.807) is 31.4 Å². The fourth-order valence-electron chi connectivity index (χ4n) is 2.62. The molecule has 0 aliphatic rings. The van der Waals surface area contributed by atoms with Crippen molar-refractivity contribution in [2.45, 2.75) is 0 Å². The summed E-state index contributed by atoms with van der Waals surface area (Å²) in [5.41, 5.74) is 8.36. The van der Waals surface area contributed by atoms with Gasteiger partial charge in [0, 0.05) is 11.3 Å². The van der Waals surface area contributed by atoms with Crippen LogP contribution in [0.2, 0.25) is 0 Å². The zero-order valence-electron chi connectivity index (χ0n) is 14.0. The van der Waals surface area contributed by atoms with Crippen LogP contribution in [0.25, 0.3) is 11.1 Å². The van der Waals surface area contributed by atoms with Gasteiger partial charge in [-0.25, -0.2) is 4.98 Å². The summed E-state index contributed by atoms with van der Waals surface area (Å²) in [5, 5.41) is 22.3. The van der Waals surface area contributed by atoms with E-state index in [2.05, 4.69) is 22.4 Å². The number of nitrogens with two attached hydrogens (primary N) is 1. The van der Waals surface area contributed by atoms with Gasteiger partial charge in [0.05, 0.1) is 7.11 Å². The quantitative estimate of drug-likeness (QED) is 0.747. The van der Waals surface area contributed by atoms with Crippen LogP contribution in [0, 0.1) is 22.7 Å². The number of benzene rings is 2. The third-order valence-electron chi connectivity index (χ3n) is 3.86. The van der Waals surface area contributed by atoms with Gasteiger partial charge in [-0.2, -0.15) is 10.5 Å². The van der Waals surface area contributed by atoms with Gasteiger partial charge in [0.25, 0.3) is 0 Å². The minimum atomic E-state index is 0.0707. The van der Waals surface area contributed by atoms with E-state index in [9.17, 15) is 10.5 Å². The third-order valence-corrected chi connectivity index (χ3v) is 3.86. The van der Waals surface area contributed by atoms with Gasteiger partial charge in [-0.05, 0) is 29.8 Å². The van der Waals surface area contributed by atoms with E-state index in [1.807, 2.05) is 30.3 Å². The van der Waals surface area contributed by atoms with Crippen LogP contribution in [0.15, 0.2) is 54.6 Å². The molecule has 0 spiro atoms. The number of anilines is 3. The molecular formula is C20H15N5O. The molecule has 0 saturated heterocycles. The number of aromatic nitrogens is 1. The summed E-state index contributed by atoms with van der Waals surface area (Å²) < 4.78 is 5.14. The maximum atomic E-state index is 9.73. The number of nitriles is 2. The van der Waals surface area contributed by atoms with E-state index in [0.29, 0.717) is 17.1 Å². The SMILES string of the molecule is COc1ccc(Nc2nc(N)c(C#N)c(-c3ccccc3)c2C#N)cc1. The van der Waals surface area contributed by atoms with E-state index in [-0.39, 0.29) is 16.9 Å². The van der Waals surface area contributed by atoms with Crippen LogP contribution < -0.4 is 15.8 Å². The van der Waals surface area contributed by atoms with Crippen molar-refractivity contribution in [3.8, 4) is 29.0 Å². The first kappa shape index (κ1) is 16.8. The van der Waals surface area contributed by atoms with Crippen LogP contribution in [0.3, 0.4) is 0 Å². The van der Waals surface area contributed by atoms with Crippen molar-refractivity contribution < 1.29 is 4.74 Å². The van der Waals surface area contributed by atoms with Gasteiger partial charge < -0.3 is 15.8 Å². The Labute approximate surface area is 151 Å². The van der Waals surface area contributed by atoms with Crippen molar-refractivity contribution in [2.24, 2.45) is 0 Å². The molecule has 0 aliphatic heterocycles. The van der Waals surface area contributed by atoms with Crippen LogP contribution >= 0.6 is 0 Å². The highest BCUT2D eigenvalue weighted by atomic mass is 16.5. The molecule has 0 atom stereocenters. The van der Waals surface area contributed by atoms with Gasteiger partial charge in [0.2, 0.25) is 0 Å². The molecular weight excluding hydrogens is 326 g/mol. The Morgan fingerprint density at radius 2 is 1.62 bits per heavy atom. The molecule has 0 saturated carbocycles. The molecule has 126 valence electrons. The Bertz CT molecular complexity index is 1020. The number of methoxy groups -OCH3 is 1. The van der Waals surface area contributed by atoms with Crippen molar-refractivity contribution in [3.63, 3.8) is 0 Å². The Hall–Kier alpha value is -4.03. The zero-order chi connectivity index (χ0) is 18.5. The second-order valence-corrected chi connectivity index (χ2v) is 5.41. The first-order chi connectivity index (χ1) is 12.7. The second-order valence-electron chi connectivity index (χ2n) is 5.41. The largest absolute Gasteiger partial charge is 0.497 e. The molecule has 3 aromatic rings. The Kier molecular flexibility index (Phi) is 4.69. The number of hydrogen-bond donors (Lipinski definition) is 2. The molecule has 0 amide bonds. The number of nitrogen functional groups attached to an aromatic ring is 1. The van der Waals surface area contributed by atoms with E-state index in [1.165, 1.54) is 0 Å². The monoisotopic (exact) mass is 341 g/mol. The number of rotatable bonds is 4. The fraction of sp³-hybridized carbons (Fsp3) is 0.0500. The van der Waals surface area contributed by atoms with Crippen molar-refractivity contribution in [2.75, 3.05) is 18.2 Å². The third kappa shape index (κ3) is 3.12. The van der Waals surface area contributed by atoms with E-state index in [0.717, 1.165) is 11.3 Å². The maximum Gasteiger partial charge on any atom is 0.151 e. The molecule has 0 aliphatic carbocycles. The Balaban J connectivity index is 2.16. The summed E-state index contributed by atoms with van der Waals surface area (Å²) in [6, 6.07) is 20.6. The molecule has 1 heterocycles. The molecule has 0 radical (unpaired) electrons. The highest BCUT2D eigenvalue weighted by Gasteiger charge is 2.20. The van der Waals surface area contributed by atoms with E-state index < -0.39 is 0 Å². The van der Waals surface area contributed by atoms with Gasteiger partial charge in [-0.1, -0.05) is 30.3 Å². The van der Waals surface area contributed by atoms with Crippen molar-refractivity contribution >= 4 is 17.3 Å². The smallest absolute Gasteiger partial charge is 0.151 e. The van der Waals surface area contributed by atoms with Crippen LogP contribution in [0.5, 0.6) is 5.75 Å². The molecule has 3 rings (SSSR count). The maximum absolute atomic E-state index is 9.73. The van der Waals surface area contributed by atoms with Crippen molar-refractivity contribution in [1.82, 2.24) is 4.98 Å². The predicted molar refractivity (Wildman–Crippen MR) is 99.8 cm³/mol. The standard InChI is InChI=1S/C20H15N5O/c1-26-15-9-7-14(8-10-15)24-20-17(12-22)18(13-5-3-2-4-6-13)16(11-21)19(23)25-20/h2-10H,1H3,(H3,23,24,25). The second kappa shape index (κ2) is 7.25. The molecule has 26 heavy (non-hydrogen) atoms. The van der Waals surface area contributed by atoms with Crippen molar-refractivity contribution in [1.29, 1.82) is 10.5 Å². The van der Waals surface area contributed by atoms with Crippen LogP contribution in [0.4, 0.5) is 17.3 Å². The molecule has 3 N–H and O–H groups in total. The predicted octanol–water partition coefficient (Wildman–Crippen LogP) is 3.83. The lowest BCUT2D eigenvalue weighted by Crippen LogP contribution is -2.06. The summed E-state index contributed by atoms with van der Waals surface area (Å²) in [5.74, 6) is 1.09. The Morgan fingerprint density at radius 3 is 2.19 bits per heavy atom. The number of hydrogen-bond acceptors (Lipinski definition) is 6. The average molecular weight is 341 g/mol. The lowest BCUT2D eigenvalue weighted by Gasteiger charge is -2.14. The van der Waals surface area contributed by atoms with Crippen LogP contribution in [-0.2, 0) is 0 Å². The normalized spacial score (nSPS) is 9.81. The minimum Gasteiger partial charge on any atom is -0.497 e. The van der Waals surface area contributed by atoms with Crippen LogP contribution in [-0.4, -0.2) is 12.1 Å². The molecule has 0 unspecified atom stereocenters. The van der Waals surface area contributed by atoms with Gasteiger partial charge >= 0.3 is 0 Å². The summed E-state index contributed by atoms with van der Waals surface area (Å²) in [6.45, 7) is 0. The molecule has 1 aromatic heterocycles. The number of nitrogens with one attached hydrogen (secondary N) is 1. The zero-order valence-corrected chi connectivity index (χ0v) is 14.0. The molecule has 6 nitrogen and oxygen atoms in total. The lowest BCUT2D eigenvalue weighted by molar-refractivity contribution is 0.415. The number of ether oxygens (including phenoxy) is 1. The van der Waals surface area contributed by atoms with Gasteiger partial charge in [0.1, 0.15) is 34.8 Å². The molecule has 0 bridgehead atoms. The van der Waals surface area contributed by atoms with Crippen molar-refractivity contribution in [3.05, 3.63) is 65.7 Å². The minimum absolute atomic E-state index is 0.0707. The molecule has 6 heteroatoms. The average Bonchev–Trinajstić information content (AvgIpc) is 2.69.